The van der Waals surface area contributed by atoms with E-state index in [0.717, 1.165) is 0 Å². The van der Waals surface area contributed by atoms with Crippen molar-refractivity contribution in [1.82, 2.24) is 10.1 Å². The lowest BCUT2D eigenvalue weighted by Gasteiger charge is -2.20. The average molecular weight is 435 g/mol. The van der Waals surface area contributed by atoms with Gasteiger partial charge in [-0.2, -0.15) is 0 Å². The van der Waals surface area contributed by atoms with Crippen LogP contribution in [0.5, 0.6) is 0 Å². The summed E-state index contributed by atoms with van der Waals surface area (Å²) in [6, 6.07) is 8.28. The number of carboxylic acids is 1. The monoisotopic (exact) mass is 434 g/mol. The summed E-state index contributed by atoms with van der Waals surface area (Å²) >= 11 is 12.1. The average Bonchev–Trinajstić information content (AvgIpc) is 3.11. The zero-order chi connectivity index (χ0) is 21.0. The molecule has 0 unspecified atom stereocenters. The number of pyridine rings is 1. The van der Waals surface area contributed by atoms with Gasteiger partial charge in [-0.05, 0) is 31.2 Å². The van der Waals surface area contributed by atoms with Crippen molar-refractivity contribution in [2.75, 3.05) is 16.8 Å². The molecule has 0 aliphatic rings. The summed E-state index contributed by atoms with van der Waals surface area (Å²) in [6.07, 6.45) is 2.67. The molecule has 0 aliphatic heterocycles. The van der Waals surface area contributed by atoms with Gasteiger partial charge in [0.05, 0.1) is 27.8 Å². The predicted octanol–water partition coefficient (Wildman–Crippen LogP) is 4.55. The molecule has 0 aliphatic carbocycles. The van der Waals surface area contributed by atoms with Crippen LogP contribution in [-0.2, 0) is 4.79 Å². The molecule has 10 heteroatoms. The Hall–Kier alpha value is -3.10. The molecule has 8 nitrogen and oxygen atoms in total. The molecule has 0 atom stereocenters. The second kappa shape index (κ2) is 8.93. The van der Waals surface area contributed by atoms with Crippen molar-refractivity contribution >= 4 is 52.3 Å². The first-order chi connectivity index (χ1) is 13.8. The van der Waals surface area contributed by atoms with Crippen LogP contribution in [0.4, 0.5) is 17.3 Å². The zero-order valence-corrected chi connectivity index (χ0v) is 16.7. The topological polar surface area (TPSA) is 109 Å². The Labute approximate surface area is 176 Å². The Morgan fingerprint density at radius 3 is 2.38 bits per heavy atom. The van der Waals surface area contributed by atoms with E-state index in [2.05, 4.69) is 15.5 Å². The predicted molar refractivity (Wildman–Crippen MR) is 109 cm³/mol. The van der Waals surface area contributed by atoms with Gasteiger partial charge in [0.2, 0.25) is 5.88 Å². The molecule has 3 rings (SSSR count). The van der Waals surface area contributed by atoms with Gasteiger partial charge in [0, 0.05) is 36.3 Å². The Morgan fingerprint density at radius 2 is 1.83 bits per heavy atom. The highest BCUT2D eigenvalue weighted by atomic mass is 35.5. The Kier molecular flexibility index (Phi) is 6.36. The molecule has 0 fully saturated rings. The Balaban J connectivity index is 1.81. The first-order valence-corrected chi connectivity index (χ1v) is 9.24. The lowest BCUT2D eigenvalue weighted by Crippen LogP contribution is -2.20. The van der Waals surface area contributed by atoms with Crippen LogP contribution >= 0.6 is 23.2 Å². The van der Waals surface area contributed by atoms with Gasteiger partial charge in [-0.3, -0.25) is 14.6 Å². The van der Waals surface area contributed by atoms with Crippen molar-refractivity contribution in [3.63, 3.8) is 0 Å². The summed E-state index contributed by atoms with van der Waals surface area (Å²) in [5, 5.41) is 16.0. The van der Waals surface area contributed by atoms with E-state index in [0.29, 0.717) is 22.8 Å². The number of nitrogens with zero attached hydrogens (tertiary/aromatic N) is 3. The molecule has 0 bridgehead atoms. The van der Waals surface area contributed by atoms with Gasteiger partial charge in [0.1, 0.15) is 0 Å². The number of hydrogen-bond acceptors (Lipinski definition) is 6. The summed E-state index contributed by atoms with van der Waals surface area (Å²) in [5.41, 5.74) is 1.96. The normalized spacial score (nSPS) is 10.6. The number of carbonyl (C=O) groups excluding carboxylic acids is 1. The highest BCUT2D eigenvalue weighted by molar-refractivity contribution is 6.39. The third-order valence-corrected chi connectivity index (χ3v) is 4.54. The maximum atomic E-state index is 12.5. The number of carbonyl (C=O) groups is 2. The SMILES string of the molecule is Cc1cc(N(CCC(=O)O)c2ccc(C(=O)Nc3c(Cl)cncc3Cl)cc2)on1. The fourth-order valence-corrected chi connectivity index (χ4v) is 3.02. The van der Waals surface area contributed by atoms with Crippen LogP contribution < -0.4 is 10.2 Å². The molecule has 150 valence electrons. The van der Waals surface area contributed by atoms with Crippen LogP contribution in [-0.4, -0.2) is 33.7 Å². The minimum absolute atomic E-state index is 0.0962. The second-order valence-electron chi connectivity index (χ2n) is 6.08. The van der Waals surface area contributed by atoms with Crippen LogP contribution in [0.15, 0.2) is 47.2 Å². The number of aryl methyl sites for hydroxylation is 1. The molecule has 2 aromatic heterocycles. The standard InChI is InChI=1S/C19H16Cl2N4O4/c1-11-8-16(29-24-11)25(7-6-17(26)27)13-4-2-12(3-5-13)19(28)23-18-14(20)9-22-10-15(18)21/h2-5,8-10H,6-7H2,1H3,(H,26,27)(H,22,23,28). The first kappa shape index (κ1) is 20.6. The lowest BCUT2D eigenvalue weighted by atomic mass is 10.1. The molecule has 0 saturated carbocycles. The summed E-state index contributed by atoms with van der Waals surface area (Å²) < 4.78 is 5.26. The van der Waals surface area contributed by atoms with Crippen molar-refractivity contribution in [1.29, 1.82) is 0 Å². The summed E-state index contributed by atoms with van der Waals surface area (Å²) in [6.45, 7) is 1.95. The van der Waals surface area contributed by atoms with Crippen molar-refractivity contribution < 1.29 is 19.2 Å². The minimum Gasteiger partial charge on any atom is -0.481 e. The van der Waals surface area contributed by atoms with Gasteiger partial charge in [-0.25, -0.2) is 0 Å². The number of hydrogen-bond donors (Lipinski definition) is 2. The molecule has 0 saturated heterocycles. The maximum absolute atomic E-state index is 12.5. The molecule has 2 N–H and O–H groups in total. The number of aliphatic carboxylic acids is 1. The van der Waals surface area contributed by atoms with Gasteiger partial charge >= 0.3 is 5.97 Å². The van der Waals surface area contributed by atoms with Gasteiger partial charge in [-0.15, -0.1) is 0 Å². The fraction of sp³-hybridized carbons (Fsp3) is 0.158. The van der Waals surface area contributed by atoms with E-state index in [1.807, 2.05) is 0 Å². The Bertz CT molecular complexity index is 1020. The van der Waals surface area contributed by atoms with Crippen LogP contribution in [0.1, 0.15) is 22.5 Å². The molecule has 0 radical (unpaired) electrons. The molecule has 1 aromatic carbocycles. The summed E-state index contributed by atoms with van der Waals surface area (Å²) in [4.78, 5) is 29.0. The summed E-state index contributed by atoms with van der Waals surface area (Å²) in [5.74, 6) is -0.927. The number of halogens is 2. The van der Waals surface area contributed by atoms with Crippen LogP contribution in [0.3, 0.4) is 0 Å². The first-order valence-electron chi connectivity index (χ1n) is 8.48. The van der Waals surface area contributed by atoms with E-state index >= 15 is 0 Å². The smallest absolute Gasteiger partial charge is 0.305 e. The van der Waals surface area contributed by atoms with E-state index in [1.165, 1.54) is 12.4 Å². The second-order valence-corrected chi connectivity index (χ2v) is 6.90. The van der Waals surface area contributed by atoms with Crippen LogP contribution in [0.25, 0.3) is 0 Å². The highest BCUT2D eigenvalue weighted by Gasteiger charge is 2.17. The number of nitrogens with one attached hydrogen (secondary N) is 1. The third kappa shape index (κ3) is 5.04. The van der Waals surface area contributed by atoms with Crippen LogP contribution in [0.2, 0.25) is 10.0 Å². The molecule has 3 aromatic rings. The van der Waals surface area contributed by atoms with E-state index < -0.39 is 11.9 Å². The van der Waals surface area contributed by atoms with E-state index in [1.54, 1.807) is 42.2 Å². The van der Waals surface area contributed by atoms with E-state index in [4.69, 9.17) is 32.8 Å². The van der Waals surface area contributed by atoms with Crippen LogP contribution in [0, 0.1) is 6.92 Å². The fourth-order valence-electron chi connectivity index (χ4n) is 2.56. The zero-order valence-electron chi connectivity index (χ0n) is 15.2. The number of rotatable bonds is 7. The molecule has 1 amide bonds. The van der Waals surface area contributed by atoms with E-state index in [-0.39, 0.29) is 28.7 Å². The molecule has 0 spiro atoms. The maximum Gasteiger partial charge on any atom is 0.305 e. The van der Waals surface area contributed by atoms with Gasteiger partial charge in [-0.1, -0.05) is 28.4 Å². The molecular weight excluding hydrogens is 419 g/mol. The minimum atomic E-state index is -0.937. The van der Waals surface area contributed by atoms with Crippen molar-refractivity contribution in [3.8, 4) is 0 Å². The number of anilines is 3. The number of amides is 1. The van der Waals surface area contributed by atoms with Crippen molar-refractivity contribution in [2.24, 2.45) is 0 Å². The van der Waals surface area contributed by atoms with Gasteiger partial charge < -0.3 is 19.8 Å². The number of benzene rings is 1. The van der Waals surface area contributed by atoms with Gasteiger partial charge in [0.15, 0.2) is 0 Å². The quantitative estimate of drug-likeness (QED) is 0.561. The van der Waals surface area contributed by atoms with Crippen molar-refractivity contribution in [2.45, 2.75) is 13.3 Å². The van der Waals surface area contributed by atoms with Gasteiger partial charge in [0.25, 0.3) is 5.91 Å². The number of carboxylic acid groups (broad SMARTS) is 1. The summed E-state index contributed by atoms with van der Waals surface area (Å²) in [7, 11) is 0. The number of aromatic nitrogens is 2. The highest BCUT2D eigenvalue weighted by Crippen LogP contribution is 2.30. The molecule has 29 heavy (non-hydrogen) atoms. The Morgan fingerprint density at radius 1 is 1.17 bits per heavy atom. The lowest BCUT2D eigenvalue weighted by molar-refractivity contribution is -0.136. The molecule has 2 heterocycles. The van der Waals surface area contributed by atoms with E-state index in [9.17, 15) is 9.59 Å². The van der Waals surface area contributed by atoms with Crippen molar-refractivity contribution in [3.05, 3.63) is 64.0 Å². The molecular formula is C19H16Cl2N4O4. The largest absolute Gasteiger partial charge is 0.481 e. The third-order valence-electron chi connectivity index (χ3n) is 3.96.